The zero-order valence-corrected chi connectivity index (χ0v) is 16.8. The fourth-order valence-electron chi connectivity index (χ4n) is 2.78. The van der Waals surface area contributed by atoms with E-state index in [0.29, 0.717) is 38.3 Å². The van der Waals surface area contributed by atoms with Gasteiger partial charge in [0.1, 0.15) is 5.60 Å². The highest BCUT2D eigenvalue weighted by atomic mass is 16.6. The van der Waals surface area contributed by atoms with Crippen molar-refractivity contribution in [1.82, 2.24) is 19.6 Å². The summed E-state index contributed by atoms with van der Waals surface area (Å²) in [6.07, 6.45) is 1.14. The summed E-state index contributed by atoms with van der Waals surface area (Å²) in [5, 5.41) is 2.75. The molecule has 10 heteroatoms. The summed E-state index contributed by atoms with van der Waals surface area (Å²) in [6.45, 7) is 7.95. The van der Waals surface area contributed by atoms with Gasteiger partial charge in [-0.05, 0) is 20.8 Å². The third-order valence-electron chi connectivity index (χ3n) is 4.31. The second-order valence-corrected chi connectivity index (χ2v) is 7.65. The highest BCUT2D eigenvalue weighted by molar-refractivity contribution is 5.69. The zero-order chi connectivity index (χ0) is 20.9. The van der Waals surface area contributed by atoms with Gasteiger partial charge in [0, 0.05) is 44.5 Å². The number of ether oxygens (including phenoxy) is 2. The lowest BCUT2D eigenvalue weighted by atomic mass is 10.2. The van der Waals surface area contributed by atoms with Crippen molar-refractivity contribution in [3.05, 3.63) is 32.3 Å². The van der Waals surface area contributed by atoms with Crippen LogP contribution >= 0.6 is 0 Å². The van der Waals surface area contributed by atoms with E-state index in [-0.39, 0.29) is 19.1 Å². The maximum atomic E-state index is 12.3. The first-order valence-electron chi connectivity index (χ1n) is 9.19. The molecule has 1 saturated heterocycles. The number of rotatable bonds is 5. The number of nitrogens with zero attached hydrogens (tertiary/aromatic N) is 3. The minimum absolute atomic E-state index is 0.00167. The molecule has 0 saturated carbocycles. The summed E-state index contributed by atoms with van der Waals surface area (Å²) in [5.74, 6) is -0.459. The Bertz CT molecular complexity index is 815. The smallest absolute Gasteiger partial charge is 0.410 e. The third-order valence-corrected chi connectivity index (χ3v) is 4.31. The van der Waals surface area contributed by atoms with Crippen LogP contribution in [0.4, 0.5) is 4.79 Å². The Morgan fingerprint density at radius 3 is 2.36 bits per heavy atom. The fraction of sp³-hybridized carbons (Fsp3) is 0.667. The molecule has 1 fully saturated rings. The Labute approximate surface area is 163 Å². The molecule has 1 aliphatic heterocycles. The molecule has 0 spiro atoms. The maximum Gasteiger partial charge on any atom is 0.410 e. The van der Waals surface area contributed by atoms with Gasteiger partial charge in [-0.25, -0.2) is 9.48 Å². The summed E-state index contributed by atoms with van der Waals surface area (Å²) in [6, 6.07) is 0. The van der Waals surface area contributed by atoms with Gasteiger partial charge in [0.2, 0.25) is 0 Å². The number of carbonyl (C=O) groups excluding carboxylic acids is 2. The monoisotopic (exact) mass is 396 g/mol. The third kappa shape index (κ3) is 5.95. The molecule has 0 atom stereocenters. The van der Waals surface area contributed by atoms with Crippen molar-refractivity contribution in [1.29, 1.82) is 0 Å². The number of amides is 1. The number of hydrogen-bond donors (Lipinski definition) is 1. The SMILES string of the molecule is COC(=O)CCn1[nH]cc(CN2CCN(C(=O)OC(C)(C)C)CC2)c(=O)c1=O. The molecular weight excluding hydrogens is 368 g/mol. The van der Waals surface area contributed by atoms with Crippen LogP contribution in [0.25, 0.3) is 0 Å². The minimum Gasteiger partial charge on any atom is -0.469 e. The van der Waals surface area contributed by atoms with Crippen LogP contribution in [0.2, 0.25) is 0 Å². The van der Waals surface area contributed by atoms with E-state index in [4.69, 9.17) is 4.74 Å². The number of esters is 1. The van der Waals surface area contributed by atoms with Crippen molar-refractivity contribution in [2.45, 2.75) is 45.9 Å². The Morgan fingerprint density at radius 1 is 1.14 bits per heavy atom. The standard InChI is InChI=1S/C18H28N4O6/c1-18(2,3)28-17(26)21-9-7-20(8-10-21)12-13-11-19-22(16(25)15(13)24)6-5-14(23)27-4/h11,19H,5-10,12H2,1-4H3. The summed E-state index contributed by atoms with van der Waals surface area (Å²) in [7, 11) is 1.26. The van der Waals surface area contributed by atoms with Crippen molar-refractivity contribution < 1.29 is 19.1 Å². The van der Waals surface area contributed by atoms with Crippen LogP contribution in [0.15, 0.2) is 15.8 Å². The van der Waals surface area contributed by atoms with E-state index < -0.39 is 22.6 Å². The largest absolute Gasteiger partial charge is 0.469 e. The van der Waals surface area contributed by atoms with Crippen LogP contribution in [0.5, 0.6) is 0 Å². The Hall–Kier alpha value is -2.62. The topological polar surface area (TPSA) is 114 Å². The van der Waals surface area contributed by atoms with Crippen molar-refractivity contribution in [3.8, 4) is 0 Å². The molecule has 1 N–H and O–H groups in total. The molecule has 0 aliphatic carbocycles. The molecule has 10 nitrogen and oxygen atoms in total. The molecule has 2 heterocycles. The highest BCUT2D eigenvalue weighted by Gasteiger charge is 2.26. The molecule has 1 aromatic heterocycles. The van der Waals surface area contributed by atoms with Crippen molar-refractivity contribution >= 4 is 12.1 Å². The van der Waals surface area contributed by atoms with E-state index in [1.54, 1.807) is 4.90 Å². The number of aromatic amines is 1. The second kappa shape index (κ2) is 9.05. The number of aryl methyl sites for hydroxylation is 1. The van der Waals surface area contributed by atoms with E-state index in [2.05, 4.69) is 9.84 Å². The van der Waals surface area contributed by atoms with Gasteiger partial charge < -0.3 is 19.5 Å². The van der Waals surface area contributed by atoms with Gasteiger partial charge in [0.25, 0.3) is 5.43 Å². The first-order valence-corrected chi connectivity index (χ1v) is 9.19. The second-order valence-electron chi connectivity index (χ2n) is 7.65. The van der Waals surface area contributed by atoms with Crippen LogP contribution < -0.4 is 11.0 Å². The van der Waals surface area contributed by atoms with Gasteiger partial charge >= 0.3 is 17.6 Å². The van der Waals surface area contributed by atoms with Gasteiger partial charge in [-0.15, -0.1) is 0 Å². The number of carbonyl (C=O) groups is 2. The Morgan fingerprint density at radius 2 is 1.79 bits per heavy atom. The average molecular weight is 396 g/mol. The maximum absolute atomic E-state index is 12.3. The molecule has 156 valence electrons. The molecule has 28 heavy (non-hydrogen) atoms. The molecule has 1 aliphatic rings. The van der Waals surface area contributed by atoms with Crippen LogP contribution in [0, 0.1) is 0 Å². The van der Waals surface area contributed by atoms with Gasteiger partial charge in [0.15, 0.2) is 0 Å². The molecule has 0 bridgehead atoms. The van der Waals surface area contributed by atoms with Gasteiger partial charge in [-0.3, -0.25) is 19.3 Å². The predicted molar refractivity (Wildman–Crippen MR) is 101 cm³/mol. The molecule has 1 aromatic rings. The van der Waals surface area contributed by atoms with Gasteiger partial charge in [-0.2, -0.15) is 0 Å². The first kappa shape index (κ1) is 21.7. The van der Waals surface area contributed by atoms with E-state index in [9.17, 15) is 19.2 Å². The first-order chi connectivity index (χ1) is 13.1. The quantitative estimate of drug-likeness (QED) is 0.557. The molecule has 0 unspecified atom stereocenters. The van der Waals surface area contributed by atoms with Crippen LogP contribution in [-0.4, -0.2) is 70.5 Å². The van der Waals surface area contributed by atoms with Crippen LogP contribution in [-0.2, 0) is 27.4 Å². The molecule has 0 aromatic carbocycles. The fourth-order valence-corrected chi connectivity index (χ4v) is 2.78. The Kier molecular flexibility index (Phi) is 7.00. The number of piperazine rings is 1. The molecular formula is C18H28N4O6. The number of methoxy groups -OCH3 is 1. The summed E-state index contributed by atoms with van der Waals surface area (Å²) in [4.78, 5) is 51.4. The molecule has 0 radical (unpaired) electrons. The number of nitrogens with one attached hydrogen (secondary N) is 1. The van der Waals surface area contributed by atoms with E-state index >= 15 is 0 Å². The van der Waals surface area contributed by atoms with Gasteiger partial charge in [-0.1, -0.05) is 0 Å². The van der Waals surface area contributed by atoms with E-state index in [1.165, 1.54) is 13.3 Å². The minimum atomic E-state index is -0.700. The lowest BCUT2D eigenvalue weighted by molar-refractivity contribution is -0.140. The lowest BCUT2D eigenvalue weighted by Crippen LogP contribution is -2.50. The predicted octanol–water partition coefficient (Wildman–Crippen LogP) is 0.152. The summed E-state index contributed by atoms with van der Waals surface area (Å²) < 4.78 is 11.0. The van der Waals surface area contributed by atoms with E-state index in [0.717, 1.165) is 4.68 Å². The lowest BCUT2D eigenvalue weighted by Gasteiger charge is -2.35. The van der Waals surface area contributed by atoms with Gasteiger partial charge in [0.05, 0.1) is 20.1 Å². The average Bonchev–Trinajstić information content (AvgIpc) is 2.63. The summed E-state index contributed by atoms with van der Waals surface area (Å²) >= 11 is 0. The zero-order valence-electron chi connectivity index (χ0n) is 16.8. The van der Waals surface area contributed by atoms with Crippen molar-refractivity contribution in [2.24, 2.45) is 0 Å². The van der Waals surface area contributed by atoms with Crippen LogP contribution in [0.3, 0.4) is 0 Å². The Balaban J connectivity index is 1.94. The summed E-state index contributed by atoms with van der Waals surface area (Å²) in [5.41, 5.74) is -1.49. The number of hydrogen-bond acceptors (Lipinski definition) is 7. The number of aromatic nitrogens is 2. The van der Waals surface area contributed by atoms with E-state index in [1.807, 2.05) is 25.7 Å². The van der Waals surface area contributed by atoms with Crippen molar-refractivity contribution in [2.75, 3.05) is 33.3 Å². The van der Waals surface area contributed by atoms with Crippen LogP contribution in [0.1, 0.15) is 32.8 Å². The molecule has 2 rings (SSSR count). The number of H-pyrrole nitrogens is 1. The molecule has 1 amide bonds. The normalized spacial score (nSPS) is 15.4. The highest BCUT2D eigenvalue weighted by Crippen LogP contribution is 2.12. The van der Waals surface area contributed by atoms with Crippen molar-refractivity contribution in [3.63, 3.8) is 0 Å².